The fourth-order valence-electron chi connectivity index (χ4n) is 1.09. The van der Waals surface area contributed by atoms with Gasteiger partial charge in [0.2, 0.25) is 0 Å². The third-order valence-electron chi connectivity index (χ3n) is 1.74. The van der Waals surface area contributed by atoms with Gasteiger partial charge in [0, 0.05) is 5.02 Å². The van der Waals surface area contributed by atoms with Crippen LogP contribution in [0.4, 0.5) is 0 Å². The van der Waals surface area contributed by atoms with Crippen molar-refractivity contribution in [2.75, 3.05) is 0 Å². The van der Waals surface area contributed by atoms with E-state index in [4.69, 9.17) is 11.6 Å². The Morgan fingerprint density at radius 3 is 2.77 bits per heavy atom. The van der Waals surface area contributed by atoms with E-state index >= 15 is 0 Å². The van der Waals surface area contributed by atoms with Crippen molar-refractivity contribution in [3.8, 4) is 0 Å². The van der Waals surface area contributed by atoms with E-state index < -0.39 is 0 Å². The van der Waals surface area contributed by atoms with Gasteiger partial charge in [-0.3, -0.25) is 0 Å². The van der Waals surface area contributed by atoms with Crippen LogP contribution in [0.15, 0.2) is 22.8 Å². The Labute approximate surface area is 89.1 Å². The molecule has 2 aromatic rings. The zero-order valence-corrected chi connectivity index (χ0v) is 9.22. The highest BCUT2D eigenvalue weighted by Crippen LogP contribution is 2.19. The summed E-state index contributed by atoms with van der Waals surface area (Å²) in [5.74, 6) is 0. The van der Waals surface area contributed by atoms with Gasteiger partial charge in [-0.2, -0.15) is 0 Å². The lowest BCUT2D eigenvalue weighted by Gasteiger charge is -2.00. The van der Waals surface area contributed by atoms with E-state index in [1.54, 1.807) is 6.07 Å². The second-order valence-electron chi connectivity index (χ2n) is 2.73. The standard InChI is InChI=1S/C9H6BrClN2/c1-5-9(10)13-8-4-6(11)2-3-7(8)12-5/h2-4H,1H3. The number of hydrogen-bond donors (Lipinski definition) is 0. The second kappa shape index (κ2) is 3.24. The molecule has 66 valence electrons. The summed E-state index contributed by atoms with van der Waals surface area (Å²) in [5.41, 5.74) is 2.56. The smallest absolute Gasteiger partial charge is 0.128 e. The number of fused-ring (bicyclic) bond motifs is 1. The number of benzene rings is 1. The van der Waals surface area contributed by atoms with Crippen molar-refractivity contribution in [3.05, 3.63) is 33.5 Å². The minimum Gasteiger partial charge on any atom is -0.249 e. The first-order valence-electron chi connectivity index (χ1n) is 3.76. The van der Waals surface area contributed by atoms with Gasteiger partial charge in [-0.1, -0.05) is 11.6 Å². The average molecular weight is 258 g/mol. The molecule has 2 nitrogen and oxygen atoms in total. The molecule has 0 aliphatic carbocycles. The van der Waals surface area contributed by atoms with Crippen LogP contribution in [0.2, 0.25) is 5.02 Å². The number of hydrogen-bond acceptors (Lipinski definition) is 2. The second-order valence-corrected chi connectivity index (χ2v) is 3.92. The minimum atomic E-state index is 0.678. The number of nitrogens with zero attached hydrogens (tertiary/aromatic N) is 2. The summed E-state index contributed by atoms with van der Waals surface area (Å²) in [4.78, 5) is 8.65. The van der Waals surface area contributed by atoms with Gasteiger partial charge in [-0.15, -0.1) is 0 Å². The van der Waals surface area contributed by atoms with Gasteiger partial charge in [0.25, 0.3) is 0 Å². The Morgan fingerprint density at radius 2 is 2.00 bits per heavy atom. The van der Waals surface area contributed by atoms with Gasteiger partial charge in [0.1, 0.15) is 4.60 Å². The fraction of sp³-hybridized carbons (Fsp3) is 0.111. The van der Waals surface area contributed by atoms with Gasteiger partial charge in [-0.05, 0) is 41.1 Å². The fourth-order valence-corrected chi connectivity index (χ4v) is 1.54. The third-order valence-corrected chi connectivity index (χ3v) is 2.73. The van der Waals surface area contributed by atoms with Crippen molar-refractivity contribution < 1.29 is 0 Å². The maximum absolute atomic E-state index is 5.83. The molecule has 0 atom stereocenters. The van der Waals surface area contributed by atoms with E-state index in [0.29, 0.717) is 5.02 Å². The summed E-state index contributed by atoms with van der Waals surface area (Å²) in [6.07, 6.45) is 0. The maximum atomic E-state index is 5.83. The molecule has 0 saturated heterocycles. The average Bonchev–Trinajstić information content (AvgIpc) is 2.08. The summed E-state index contributed by atoms with van der Waals surface area (Å²) in [6, 6.07) is 5.48. The van der Waals surface area contributed by atoms with Gasteiger partial charge in [-0.25, -0.2) is 9.97 Å². The molecule has 1 aromatic carbocycles. The highest BCUT2D eigenvalue weighted by molar-refractivity contribution is 9.10. The molecular formula is C9H6BrClN2. The molecule has 0 bridgehead atoms. The van der Waals surface area contributed by atoms with Crippen molar-refractivity contribution >= 4 is 38.6 Å². The molecule has 0 aliphatic rings. The van der Waals surface area contributed by atoms with E-state index in [2.05, 4.69) is 25.9 Å². The lowest BCUT2D eigenvalue weighted by molar-refractivity contribution is 1.15. The predicted molar refractivity (Wildman–Crippen MR) is 57.0 cm³/mol. The quantitative estimate of drug-likeness (QED) is 0.723. The molecule has 0 amide bonds. The van der Waals surface area contributed by atoms with Crippen LogP contribution in [0.1, 0.15) is 5.69 Å². The zero-order valence-electron chi connectivity index (χ0n) is 6.88. The lowest BCUT2D eigenvalue weighted by atomic mass is 10.3. The first kappa shape index (κ1) is 8.91. The molecule has 0 N–H and O–H groups in total. The van der Waals surface area contributed by atoms with Crippen molar-refractivity contribution in [3.63, 3.8) is 0 Å². The first-order chi connectivity index (χ1) is 6.16. The van der Waals surface area contributed by atoms with Crippen LogP contribution in [0.25, 0.3) is 11.0 Å². The van der Waals surface area contributed by atoms with E-state index in [9.17, 15) is 0 Å². The van der Waals surface area contributed by atoms with Gasteiger partial charge >= 0.3 is 0 Å². The van der Waals surface area contributed by atoms with E-state index in [0.717, 1.165) is 21.3 Å². The van der Waals surface area contributed by atoms with Crippen molar-refractivity contribution in [2.45, 2.75) is 6.92 Å². The number of halogens is 2. The lowest BCUT2D eigenvalue weighted by Crippen LogP contribution is -1.89. The molecule has 13 heavy (non-hydrogen) atoms. The zero-order chi connectivity index (χ0) is 9.42. The maximum Gasteiger partial charge on any atom is 0.128 e. The van der Waals surface area contributed by atoms with E-state index in [1.807, 2.05) is 19.1 Å². The summed E-state index contributed by atoms with van der Waals surface area (Å²) in [6.45, 7) is 1.91. The molecule has 4 heteroatoms. The summed E-state index contributed by atoms with van der Waals surface area (Å²) in [7, 11) is 0. The van der Waals surface area contributed by atoms with Gasteiger partial charge in [0.05, 0.1) is 16.7 Å². The number of aromatic nitrogens is 2. The van der Waals surface area contributed by atoms with Crippen LogP contribution in [0, 0.1) is 6.92 Å². The van der Waals surface area contributed by atoms with Crippen LogP contribution >= 0.6 is 27.5 Å². The molecule has 1 aromatic heterocycles. The molecule has 1 heterocycles. The molecule has 0 fully saturated rings. The Kier molecular flexibility index (Phi) is 2.22. The van der Waals surface area contributed by atoms with Crippen molar-refractivity contribution in [1.29, 1.82) is 0 Å². The molecule has 0 spiro atoms. The topological polar surface area (TPSA) is 25.8 Å². The molecule has 0 unspecified atom stereocenters. The Bertz CT molecular complexity index is 470. The Balaban J connectivity index is 2.81. The normalized spacial score (nSPS) is 10.7. The van der Waals surface area contributed by atoms with Crippen LogP contribution in [-0.2, 0) is 0 Å². The Hall–Kier alpha value is -0.670. The SMILES string of the molecule is Cc1nc2ccc(Cl)cc2nc1Br. The van der Waals surface area contributed by atoms with Crippen LogP contribution in [-0.4, -0.2) is 9.97 Å². The predicted octanol–water partition coefficient (Wildman–Crippen LogP) is 3.35. The molecule has 0 radical (unpaired) electrons. The van der Waals surface area contributed by atoms with E-state index in [1.165, 1.54) is 0 Å². The van der Waals surface area contributed by atoms with Crippen molar-refractivity contribution in [1.82, 2.24) is 9.97 Å². The number of aryl methyl sites for hydroxylation is 1. The van der Waals surface area contributed by atoms with Crippen LogP contribution in [0.3, 0.4) is 0 Å². The van der Waals surface area contributed by atoms with Gasteiger partial charge in [0.15, 0.2) is 0 Å². The van der Waals surface area contributed by atoms with Crippen LogP contribution < -0.4 is 0 Å². The third kappa shape index (κ3) is 1.67. The van der Waals surface area contributed by atoms with E-state index in [-0.39, 0.29) is 0 Å². The number of rotatable bonds is 0. The van der Waals surface area contributed by atoms with Gasteiger partial charge < -0.3 is 0 Å². The highest BCUT2D eigenvalue weighted by Gasteiger charge is 2.02. The summed E-state index contributed by atoms with van der Waals surface area (Å²) < 4.78 is 0.766. The molecule has 0 aliphatic heterocycles. The summed E-state index contributed by atoms with van der Waals surface area (Å²) >= 11 is 9.15. The van der Waals surface area contributed by atoms with Crippen molar-refractivity contribution in [2.24, 2.45) is 0 Å². The first-order valence-corrected chi connectivity index (χ1v) is 4.93. The molecule has 0 saturated carbocycles. The highest BCUT2D eigenvalue weighted by atomic mass is 79.9. The largest absolute Gasteiger partial charge is 0.249 e. The minimum absolute atomic E-state index is 0.678. The van der Waals surface area contributed by atoms with Crippen LogP contribution in [0.5, 0.6) is 0 Å². The Morgan fingerprint density at radius 1 is 1.23 bits per heavy atom. The summed E-state index contributed by atoms with van der Waals surface area (Å²) in [5, 5.41) is 0.678. The molecule has 2 rings (SSSR count). The monoisotopic (exact) mass is 256 g/mol. The molecular weight excluding hydrogens is 251 g/mol.